The lowest BCUT2D eigenvalue weighted by molar-refractivity contribution is -0.799. The Labute approximate surface area is 174 Å². The van der Waals surface area contributed by atoms with Crippen LogP contribution in [-0.2, 0) is 16.9 Å². The molecule has 1 fully saturated rings. The number of aliphatic hydroxyl groups is 1. The van der Waals surface area contributed by atoms with Gasteiger partial charge < -0.3 is 14.9 Å². The molecule has 1 aliphatic heterocycles. The number of quaternary nitrogens is 1. The first-order valence-electron chi connectivity index (χ1n) is 9.89. The first-order chi connectivity index (χ1) is 14.3. The van der Waals surface area contributed by atoms with Crippen LogP contribution in [-0.4, -0.2) is 39.5 Å². The van der Waals surface area contributed by atoms with Crippen molar-refractivity contribution in [3.63, 3.8) is 0 Å². The van der Waals surface area contributed by atoms with Gasteiger partial charge in [-0.25, -0.2) is 0 Å². The summed E-state index contributed by atoms with van der Waals surface area (Å²) in [7, 11) is 0. The Hall–Kier alpha value is -3.22. The Morgan fingerprint density at radius 3 is 2.40 bits per heavy atom. The molecule has 4 rings (SSSR count). The molecule has 0 bridgehead atoms. The number of likely N-dealkylation sites (tertiary alicyclic amines) is 1. The second-order valence-corrected chi connectivity index (χ2v) is 8.00. The standard InChI is InChI=1S/C24H23NO5/c1-17-14-24(29,21-12-11-19-9-5-6-10-20(19)13-21)16-25(17,22(26)27)23(28)30-15-18-7-3-2-4-8-18/h2-13,17,29H,14-16H2,1H3/p+1/t17-,24?,25?/m1/s1. The zero-order chi connectivity index (χ0) is 21.4. The summed E-state index contributed by atoms with van der Waals surface area (Å²) in [5, 5.41) is 23.4. The van der Waals surface area contributed by atoms with Crippen LogP contribution in [0, 0.1) is 0 Å². The number of carbonyl (C=O) groups excluding carboxylic acids is 1. The van der Waals surface area contributed by atoms with Gasteiger partial charge in [0.05, 0.1) is 0 Å². The van der Waals surface area contributed by atoms with Crippen LogP contribution in [0.15, 0.2) is 72.8 Å². The molecule has 30 heavy (non-hydrogen) atoms. The molecule has 6 nitrogen and oxygen atoms in total. The second kappa shape index (κ2) is 7.55. The maximum atomic E-state index is 13.0. The summed E-state index contributed by atoms with van der Waals surface area (Å²) in [4.78, 5) is 25.3. The normalized spacial score (nSPS) is 25.9. The topological polar surface area (TPSA) is 83.8 Å². The van der Waals surface area contributed by atoms with Gasteiger partial charge in [0, 0.05) is 6.42 Å². The summed E-state index contributed by atoms with van der Waals surface area (Å²) in [6, 6.07) is 21.8. The molecular weight excluding hydrogens is 382 g/mol. The molecule has 0 saturated carbocycles. The lowest BCUT2D eigenvalue weighted by Crippen LogP contribution is -2.59. The molecule has 6 heteroatoms. The molecular formula is C24H24NO5+. The monoisotopic (exact) mass is 406 g/mol. The van der Waals surface area contributed by atoms with Gasteiger partial charge in [-0.15, -0.1) is 4.48 Å². The fraction of sp³-hybridized carbons (Fsp3) is 0.250. The molecule has 3 atom stereocenters. The van der Waals surface area contributed by atoms with Crippen LogP contribution < -0.4 is 0 Å². The highest BCUT2D eigenvalue weighted by Crippen LogP contribution is 2.42. The molecule has 154 valence electrons. The molecule has 1 saturated heterocycles. The molecule has 0 radical (unpaired) electrons. The van der Waals surface area contributed by atoms with Crippen LogP contribution in [0.2, 0.25) is 0 Å². The molecule has 3 aromatic rings. The Kier molecular flexibility index (Phi) is 5.05. The summed E-state index contributed by atoms with van der Waals surface area (Å²) < 4.78 is 4.43. The number of hydrogen-bond donors (Lipinski definition) is 2. The molecule has 0 spiro atoms. The van der Waals surface area contributed by atoms with E-state index < -0.39 is 28.3 Å². The Morgan fingerprint density at radius 2 is 1.70 bits per heavy atom. The van der Waals surface area contributed by atoms with Crippen LogP contribution in [0.5, 0.6) is 0 Å². The predicted molar refractivity (Wildman–Crippen MR) is 112 cm³/mol. The van der Waals surface area contributed by atoms with Gasteiger partial charge in [0.2, 0.25) is 0 Å². The summed E-state index contributed by atoms with van der Waals surface area (Å²) in [5.74, 6) is 0. The van der Waals surface area contributed by atoms with E-state index in [1.54, 1.807) is 25.1 Å². The van der Waals surface area contributed by atoms with Crippen molar-refractivity contribution in [2.75, 3.05) is 6.54 Å². The number of ether oxygens (including phenoxy) is 1. The lowest BCUT2D eigenvalue weighted by Gasteiger charge is -2.29. The van der Waals surface area contributed by atoms with E-state index in [0.717, 1.165) is 16.3 Å². The zero-order valence-electron chi connectivity index (χ0n) is 16.7. The number of hydrogen-bond acceptors (Lipinski definition) is 4. The third-order valence-corrected chi connectivity index (χ3v) is 6.06. The molecule has 3 aromatic carbocycles. The molecule has 0 aromatic heterocycles. The van der Waals surface area contributed by atoms with Crippen molar-refractivity contribution >= 4 is 23.0 Å². The third-order valence-electron chi connectivity index (χ3n) is 6.06. The third kappa shape index (κ3) is 3.34. The van der Waals surface area contributed by atoms with Crippen LogP contribution in [0.25, 0.3) is 10.8 Å². The van der Waals surface area contributed by atoms with E-state index in [9.17, 15) is 19.8 Å². The van der Waals surface area contributed by atoms with E-state index in [-0.39, 0.29) is 19.6 Å². The highest BCUT2D eigenvalue weighted by Gasteiger charge is 2.64. The lowest BCUT2D eigenvalue weighted by atomic mass is 9.90. The number of amides is 2. The van der Waals surface area contributed by atoms with Crippen molar-refractivity contribution in [2.24, 2.45) is 0 Å². The number of carboxylic acid groups (broad SMARTS) is 1. The maximum Gasteiger partial charge on any atom is 0.527 e. The van der Waals surface area contributed by atoms with E-state index in [1.165, 1.54) is 0 Å². The van der Waals surface area contributed by atoms with E-state index >= 15 is 0 Å². The fourth-order valence-corrected chi connectivity index (χ4v) is 4.38. The van der Waals surface area contributed by atoms with E-state index in [2.05, 4.69) is 0 Å². The summed E-state index contributed by atoms with van der Waals surface area (Å²) >= 11 is 0. The van der Waals surface area contributed by atoms with Gasteiger partial charge >= 0.3 is 12.2 Å². The number of imide groups is 1. The number of rotatable bonds is 3. The molecule has 1 aliphatic rings. The van der Waals surface area contributed by atoms with Crippen LogP contribution in [0.4, 0.5) is 9.59 Å². The first-order valence-corrected chi connectivity index (χ1v) is 9.89. The Bertz CT molecular complexity index is 1100. The maximum absolute atomic E-state index is 13.0. The quantitative estimate of drug-likeness (QED) is 0.619. The number of benzene rings is 3. The van der Waals surface area contributed by atoms with E-state index in [4.69, 9.17) is 4.74 Å². The van der Waals surface area contributed by atoms with Crippen molar-refractivity contribution in [1.82, 2.24) is 0 Å². The second-order valence-electron chi connectivity index (χ2n) is 8.00. The molecule has 0 aliphatic carbocycles. The number of nitrogens with zero attached hydrogens (tertiary/aromatic N) is 1. The van der Waals surface area contributed by atoms with Crippen molar-refractivity contribution < 1.29 is 29.0 Å². The Morgan fingerprint density at radius 1 is 1.03 bits per heavy atom. The minimum Gasteiger partial charge on any atom is -0.435 e. The summed E-state index contributed by atoms with van der Waals surface area (Å²) in [6.07, 6.45) is -2.05. The fourth-order valence-electron chi connectivity index (χ4n) is 4.38. The molecule has 2 unspecified atom stereocenters. The smallest absolute Gasteiger partial charge is 0.435 e. The van der Waals surface area contributed by atoms with Crippen molar-refractivity contribution in [1.29, 1.82) is 0 Å². The van der Waals surface area contributed by atoms with Gasteiger partial charge in [-0.1, -0.05) is 66.7 Å². The van der Waals surface area contributed by atoms with Crippen LogP contribution in [0.3, 0.4) is 0 Å². The van der Waals surface area contributed by atoms with Crippen molar-refractivity contribution in [3.05, 3.63) is 83.9 Å². The van der Waals surface area contributed by atoms with Crippen molar-refractivity contribution in [3.8, 4) is 0 Å². The van der Waals surface area contributed by atoms with Gasteiger partial charge in [-0.05, 0) is 34.9 Å². The zero-order valence-corrected chi connectivity index (χ0v) is 16.7. The average molecular weight is 406 g/mol. The highest BCUT2D eigenvalue weighted by atomic mass is 16.6. The van der Waals surface area contributed by atoms with Gasteiger partial charge in [0.15, 0.2) is 0 Å². The Balaban J connectivity index is 1.63. The van der Waals surface area contributed by atoms with E-state index in [1.807, 2.05) is 54.6 Å². The minimum absolute atomic E-state index is 0.0198. The van der Waals surface area contributed by atoms with Gasteiger partial charge in [0.1, 0.15) is 24.8 Å². The molecule has 2 amide bonds. The summed E-state index contributed by atoms with van der Waals surface area (Å²) in [5.41, 5.74) is -0.0793. The molecule has 1 heterocycles. The van der Waals surface area contributed by atoms with Gasteiger partial charge in [-0.2, -0.15) is 9.59 Å². The van der Waals surface area contributed by atoms with Crippen LogP contribution in [0.1, 0.15) is 24.5 Å². The van der Waals surface area contributed by atoms with Gasteiger partial charge in [-0.3, -0.25) is 0 Å². The van der Waals surface area contributed by atoms with E-state index in [0.29, 0.717) is 5.56 Å². The van der Waals surface area contributed by atoms with Gasteiger partial charge in [0.25, 0.3) is 0 Å². The predicted octanol–water partition coefficient (Wildman–Crippen LogP) is 4.65. The highest BCUT2D eigenvalue weighted by molar-refractivity contribution is 5.83. The minimum atomic E-state index is -1.45. The van der Waals surface area contributed by atoms with Crippen molar-refractivity contribution in [2.45, 2.75) is 31.6 Å². The number of fused-ring (bicyclic) bond motifs is 1. The average Bonchev–Trinajstić information content (AvgIpc) is 3.05. The SMILES string of the molecule is C[C@@H]1CC(O)(c2ccc3ccccc3c2)C[N+]1(C(=O)O)C(=O)OCc1ccccc1. The summed E-state index contributed by atoms with van der Waals surface area (Å²) in [6.45, 7) is 1.36. The molecule has 2 N–H and O–H groups in total. The van der Waals surface area contributed by atoms with Crippen LogP contribution >= 0.6 is 0 Å². The number of carbonyl (C=O) groups is 2. The first kappa shape index (κ1) is 20.1. The largest absolute Gasteiger partial charge is 0.527 e.